The molecule has 0 saturated carbocycles. The summed E-state index contributed by atoms with van der Waals surface area (Å²) in [5, 5.41) is 10.8. The minimum absolute atomic E-state index is 0.128. The largest absolute Gasteiger partial charge is 0.588 e. The van der Waals surface area contributed by atoms with Gasteiger partial charge in [-0.2, -0.15) is 0 Å². The Morgan fingerprint density at radius 2 is 1.88 bits per heavy atom. The average molecular weight is 244 g/mol. The van der Waals surface area contributed by atoms with E-state index in [1.165, 1.54) is 0 Å². The summed E-state index contributed by atoms with van der Waals surface area (Å²) in [6.07, 6.45) is 6.03. The van der Waals surface area contributed by atoms with E-state index in [4.69, 9.17) is 4.74 Å². The molecule has 0 aromatic carbocycles. The highest BCUT2D eigenvalue weighted by Crippen LogP contribution is 2.22. The van der Waals surface area contributed by atoms with E-state index in [-0.39, 0.29) is 17.5 Å². The SMILES string of the molecule is CCCCC(CC)C(OC(C)(C)CCC)=[O+][O-]. The van der Waals surface area contributed by atoms with Gasteiger partial charge in [0.05, 0.1) is 0 Å². The molecular formula is C14H28O3. The molecule has 0 bridgehead atoms. The number of esters is 1. The zero-order valence-electron chi connectivity index (χ0n) is 12.0. The summed E-state index contributed by atoms with van der Waals surface area (Å²) >= 11 is 0. The second kappa shape index (κ2) is 8.37. The van der Waals surface area contributed by atoms with Crippen LogP contribution in [0.25, 0.3) is 0 Å². The molecule has 0 aliphatic carbocycles. The maximum Gasteiger partial charge on any atom is 0.500 e. The number of hydrogen-bond donors (Lipinski definition) is 0. The molecule has 1 atom stereocenters. The van der Waals surface area contributed by atoms with Gasteiger partial charge in [-0.15, -0.1) is 0 Å². The van der Waals surface area contributed by atoms with Crippen LogP contribution in [0.5, 0.6) is 0 Å². The molecule has 0 N–H and O–H groups in total. The number of ether oxygens (including phenoxy) is 1. The van der Waals surface area contributed by atoms with Crippen LogP contribution in [0.3, 0.4) is 0 Å². The average Bonchev–Trinajstić information content (AvgIpc) is 2.28. The third-order valence-corrected chi connectivity index (χ3v) is 3.04. The molecule has 0 aromatic heterocycles. The zero-order valence-corrected chi connectivity index (χ0v) is 12.0. The normalized spacial score (nSPS) is 14.8. The Balaban J connectivity index is 4.49. The van der Waals surface area contributed by atoms with Crippen molar-refractivity contribution in [2.45, 2.75) is 78.7 Å². The maximum absolute atomic E-state index is 10.8. The third-order valence-electron chi connectivity index (χ3n) is 3.04. The second-order valence-electron chi connectivity index (χ2n) is 5.26. The lowest BCUT2D eigenvalue weighted by Crippen LogP contribution is -2.34. The molecule has 0 heterocycles. The Labute approximate surface area is 106 Å². The van der Waals surface area contributed by atoms with Crippen LogP contribution in [-0.2, 0) is 9.31 Å². The van der Waals surface area contributed by atoms with Crippen molar-refractivity contribution in [1.82, 2.24) is 0 Å². The molecule has 0 saturated heterocycles. The van der Waals surface area contributed by atoms with Gasteiger partial charge in [-0.1, -0.05) is 33.6 Å². The van der Waals surface area contributed by atoms with Gasteiger partial charge in [0, 0.05) is 20.3 Å². The first-order chi connectivity index (χ1) is 8.00. The summed E-state index contributed by atoms with van der Waals surface area (Å²) in [6, 6.07) is 0. The molecule has 0 fully saturated rings. The molecule has 0 aliphatic rings. The smallest absolute Gasteiger partial charge is 0.500 e. The van der Waals surface area contributed by atoms with Gasteiger partial charge in [-0.25, -0.2) is 0 Å². The van der Waals surface area contributed by atoms with E-state index in [9.17, 15) is 5.26 Å². The zero-order chi connectivity index (χ0) is 13.3. The van der Waals surface area contributed by atoms with Crippen molar-refractivity contribution in [3.63, 3.8) is 0 Å². The number of hydrogen-bond acceptors (Lipinski definition) is 2. The first-order valence-electron chi connectivity index (χ1n) is 6.86. The van der Waals surface area contributed by atoms with E-state index in [0.717, 1.165) is 38.5 Å². The molecule has 3 heteroatoms. The quantitative estimate of drug-likeness (QED) is 0.285. The van der Waals surface area contributed by atoms with Gasteiger partial charge in [0.1, 0.15) is 5.92 Å². The predicted molar refractivity (Wildman–Crippen MR) is 68.4 cm³/mol. The van der Waals surface area contributed by atoms with E-state index in [2.05, 4.69) is 25.3 Å². The molecule has 0 aromatic rings. The van der Waals surface area contributed by atoms with Gasteiger partial charge >= 0.3 is 5.97 Å². The van der Waals surface area contributed by atoms with Crippen molar-refractivity contribution < 1.29 is 14.6 Å². The lowest BCUT2D eigenvalue weighted by Gasteiger charge is -2.20. The van der Waals surface area contributed by atoms with Crippen LogP contribution in [0, 0.1) is 5.92 Å². The van der Waals surface area contributed by atoms with Crippen LogP contribution in [0.2, 0.25) is 0 Å². The Morgan fingerprint density at radius 1 is 1.24 bits per heavy atom. The van der Waals surface area contributed by atoms with E-state index in [1.807, 2.05) is 13.8 Å². The minimum Gasteiger partial charge on any atom is -0.588 e. The highest BCUT2D eigenvalue weighted by Gasteiger charge is 2.35. The summed E-state index contributed by atoms with van der Waals surface area (Å²) in [4.78, 5) is 0. The van der Waals surface area contributed by atoms with Crippen molar-refractivity contribution in [3.05, 3.63) is 0 Å². The molecule has 0 radical (unpaired) electrons. The van der Waals surface area contributed by atoms with E-state index in [1.54, 1.807) is 0 Å². The molecule has 0 rings (SSSR count). The third kappa shape index (κ3) is 6.54. The van der Waals surface area contributed by atoms with Crippen molar-refractivity contribution in [2.24, 2.45) is 5.92 Å². The lowest BCUT2D eigenvalue weighted by molar-refractivity contribution is -1.05. The molecule has 1 unspecified atom stereocenters. The van der Waals surface area contributed by atoms with Crippen LogP contribution < -0.4 is 5.26 Å². The van der Waals surface area contributed by atoms with Gasteiger partial charge in [0.2, 0.25) is 0 Å². The monoisotopic (exact) mass is 244 g/mol. The molecule has 0 amide bonds. The Bertz CT molecular complexity index is 222. The molecule has 102 valence electrons. The number of unbranched alkanes of at least 4 members (excludes halogenated alkanes) is 1. The summed E-state index contributed by atoms with van der Waals surface area (Å²) in [5.41, 5.74) is -0.311. The van der Waals surface area contributed by atoms with Gasteiger partial charge in [-0.05, 0) is 19.3 Å². The number of rotatable bonds is 8. The van der Waals surface area contributed by atoms with Crippen molar-refractivity contribution in [2.75, 3.05) is 0 Å². The van der Waals surface area contributed by atoms with Gasteiger partial charge in [0.15, 0.2) is 5.60 Å². The summed E-state index contributed by atoms with van der Waals surface area (Å²) in [6.45, 7) is 10.3. The molecule has 0 aliphatic heterocycles. The van der Waals surface area contributed by atoms with Crippen LogP contribution in [0.4, 0.5) is 0 Å². The minimum atomic E-state index is -0.311. The van der Waals surface area contributed by atoms with Gasteiger partial charge in [0.25, 0.3) is 0 Å². The standard InChI is InChI=1S/C14H28O3/c1-6-9-10-12(8-3)13(17-15)16-14(4,5)11-7-2/h12H,6-11H2,1-5H3. The van der Waals surface area contributed by atoms with Gasteiger partial charge in [-0.3, -0.25) is 4.58 Å². The second-order valence-corrected chi connectivity index (χ2v) is 5.26. The molecule has 0 spiro atoms. The highest BCUT2D eigenvalue weighted by atomic mass is 17.1. The molecule has 17 heavy (non-hydrogen) atoms. The van der Waals surface area contributed by atoms with Crippen molar-refractivity contribution in [3.8, 4) is 0 Å². The summed E-state index contributed by atoms with van der Waals surface area (Å²) in [5.74, 6) is 0.406. The lowest BCUT2D eigenvalue weighted by atomic mass is 9.98. The fourth-order valence-electron chi connectivity index (χ4n) is 2.03. The fourth-order valence-corrected chi connectivity index (χ4v) is 2.03. The fraction of sp³-hybridized carbons (Fsp3) is 0.929. The summed E-state index contributed by atoms with van der Waals surface area (Å²) < 4.78 is 9.99. The first kappa shape index (κ1) is 16.3. The molecule has 3 nitrogen and oxygen atoms in total. The maximum atomic E-state index is 10.8. The first-order valence-corrected chi connectivity index (χ1v) is 6.86. The van der Waals surface area contributed by atoms with Crippen LogP contribution in [-0.4, -0.2) is 11.6 Å². The summed E-state index contributed by atoms with van der Waals surface area (Å²) in [7, 11) is 0. The van der Waals surface area contributed by atoms with E-state index < -0.39 is 0 Å². The van der Waals surface area contributed by atoms with E-state index in [0.29, 0.717) is 0 Å². The topological polar surface area (TPSA) is 43.6 Å². The highest BCUT2D eigenvalue weighted by molar-refractivity contribution is 5.73. The van der Waals surface area contributed by atoms with E-state index >= 15 is 0 Å². The van der Waals surface area contributed by atoms with Gasteiger partial charge < -0.3 is 9.99 Å². The van der Waals surface area contributed by atoms with Crippen molar-refractivity contribution >= 4 is 5.97 Å². The van der Waals surface area contributed by atoms with Crippen LogP contribution in [0.15, 0.2) is 0 Å². The number of carbonyl (C=O) groups excluding carboxylic acids is 1. The van der Waals surface area contributed by atoms with Crippen molar-refractivity contribution in [1.29, 1.82) is 0 Å². The Morgan fingerprint density at radius 3 is 2.29 bits per heavy atom. The Kier molecular flexibility index (Phi) is 8.01. The molecular weight excluding hydrogens is 216 g/mol. The predicted octanol–water partition coefficient (Wildman–Crippen LogP) is 3.14. The Hall–Kier alpha value is -0.730. The van der Waals surface area contributed by atoms with Crippen LogP contribution in [0.1, 0.15) is 73.1 Å². The van der Waals surface area contributed by atoms with Crippen LogP contribution >= 0.6 is 0 Å².